The fourth-order valence-corrected chi connectivity index (χ4v) is 3.21. The molecular formula is C19H20F2N2O2. The van der Waals surface area contributed by atoms with Crippen LogP contribution in [0.2, 0.25) is 0 Å². The quantitative estimate of drug-likeness (QED) is 0.857. The molecule has 2 aromatic rings. The van der Waals surface area contributed by atoms with Crippen LogP contribution in [0, 0.1) is 0 Å². The summed E-state index contributed by atoms with van der Waals surface area (Å²) >= 11 is 0. The minimum absolute atomic E-state index is 0.0353. The lowest BCUT2D eigenvalue weighted by molar-refractivity contribution is -0.117. The monoisotopic (exact) mass is 346 g/mol. The highest BCUT2D eigenvalue weighted by molar-refractivity contribution is 5.93. The molecule has 0 bridgehead atoms. The minimum Gasteiger partial charge on any atom is -0.433 e. The summed E-state index contributed by atoms with van der Waals surface area (Å²) in [4.78, 5) is 14.5. The number of hydrogen-bond acceptors (Lipinski definition) is 3. The lowest BCUT2D eigenvalue weighted by atomic mass is 10.0. The van der Waals surface area contributed by atoms with Crippen LogP contribution in [0.25, 0.3) is 0 Å². The Kier molecular flexibility index (Phi) is 5.60. The van der Waals surface area contributed by atoms with E-state index in [1.807, 2.05) is 18.2 Å². The third-order valence-electron chi connectivity index (χ3n) is 4.27. The van der Waals surface area contributed by atoms with Gasteiger partial charge in [-0.25, -0.2) is 0 Å². The molecule has 4 nitrogen and oxygen atoms in total. The maximum Gasteiger partial charge on any atom is 0.387 e. The van der Waals surface area contributed by atoms with Crippen molar-refractivity contribution in [3.05, 3.63) is 60.2 Å². The molecule has 25 heavy (non-hydrogen) atoms. The summed E-state index contributed by atoms with van der Waals surface area (Å²) in [5.41, 5.74) is 1.44. The SMILES string of the molecule is O=C(CN1CCCC1c1ccccc1)Nc1ccccc1OC(F)F. The van der Waals surface area contributed by atoms with Crippen LogP contribution < -0.4 is 10.1 Å². The second-order valence-electron chi connectivity index (χ2n) is 5.96. The van der Waals surface area contributed by atoms with Gasteiger partial charge < -0.3 is 10.1 Å². The van der Waals surface area contributed by atoms with E-state index >= 15 is 0 Å². The van der Waals surface area contributed by atoms with E-state index < -0.39 is 6.61 Å². The summed E-state index contributed by atoms with van der Waals surface area (Å²) in [5, 5.41) is 2.68. The van der Waals surface area contributed by atoms with Gasteiger partial charge in [-0.05, 0) is 37.1 Å². The Bertz CT molecular complexity index is 710. The molecule has 1 amide bonds. The van der Waals surface area contributed by atoms with Gasteiger partial charge in [0, 0.05) is 6.04 Å². The number of carbonyl (C=O) groups is 1. The van der Waals surface area contributed by atoms with Gasteiger partial charge in [-0.3, -0.25) is 9.69 Å². The number of halogens is 2. The van der Waals surface area contributed by atoms with Crippen LogP contribution in [0.3, 0.4) is 0 Å². The van der Waals surface area contributed by atoms with Crippen molar-refractivity contribution in [2.24, 2.45) is 0 Å². The highest BCUT2D eigenvalue weighted by Crippen LogP contribution is 2.31. The lowest BCUT2D eigenvalue weighted by Gasteiger charge is -2.24. The molecule has 1 heterocycles. The van der Waals surface area contributed by atoms with Crippen LogP contribution in [-0.2, 0) is 4.79 Å². The molecule has 6 heteroatoms. The molecule has 3 rings (SSSR count). The molecule has 132 valence electrons. The summed E-state index contributed by atoms with van der Waals surface area (Å²) in [6, 6.07) is 16.5. The number of hydrogen-bond donors (Lipinski definition) is 1. The number of nitrogens with zero attached hydrogens (tertiary/aromatic N) is 1. The molecule has 1 saturated heterocycles. The van der Waals surface area contributed by atoms with Gasteiger partial charge in [0.05, 0.1) is 12.2 Å². The largest absolute Gasteiger partial charge is 0.433 e. The number of anilines is 1. The number of benzene rings is 2. The molecular weight excluding hydrogens is 326 g/mol. The summed E-state index contributed by atoms with van der Waals surface area (Å²) in [6.45, 7) is -1.89. The number of rotatable bonds is 6. The fraction of sp³-hybridized carbons (Fsp3) is 0.316. The number of para-hydroxylation sites is 2. The van der Waals surface area contributed by atoms with Crippen molar-refractivity contribution in [2.75, 3.05) is 18.4 Å². The number of likely N-dealkylation sites (tertiary alicyclic amines) is 1. The molecule has 1 fully saturated rings. The van der Waals surface area contributed by atoms with Crippen LogP contribution in [0.15, 0.2) is 54.6 Å². The molecule has 1 atom stereocenters. The number of amides is 1. The molecule has 0 spiro atoms. The number of nitrogens with one attached hydrogen (secondary N) is 1. The fourth-order valence-electron chi connectivity index (χ4n) is 3.21. The summed E-state index contributed by atoms with van der Waals surface area (Å²) in [5.74, 6) is -0.278. The van der Waals surface area contributed by atoms with Gasteiger partial charge in [-0.2, -0.15) is 8.78 Å². The van der Waals surface area contributed by atoms with Crippen LogP contribution in [0.1, 0.15) is 24.4 Å². The van der Waals surface area contributed by atoms with Gasteiger partial charge in [0.2, 0.25) is 5.91 Å². The molecule has 1 aliphatic rings. The van der Waals surface area contributed by atoms with E-state index in [0.717, 1.165) is 19.4 Å². The van der Waals surface area contributed by atoms with Gasteiger partial charge in [-0.15, -0.1) is 0 Å². The molecule has 0 radical (unpaired) electrons. The average Bonchev–Trinajstić information content (AvgIpc) is 3.05. The zero-order valence-corrected chi connectivity index (χ0v) is 13.7. The molecule has 1 N–H and O–H groups in total. The molecule has 0 aliphatic carbocycles. The van der Waals surface area contributed by atoms with Gasteiger partial charge in [0.25, 0.3) is 0 Å². The van der Waals surface area contributed by atoms with Crippen molar-refractivity contribution in [3.63, 3.8) is 0 Å². The van der Waals surface area contributed by atoms with Crippen LogP contribution in [-0.4, -0.2) is 30.5 Å². The Morgan fingerprint density at radius 3 is 2.64 bits per heavy atom. The predicted octanol–water partition coefficient (Wildman–Crippen LogP) is 4.06. The smallest absolute Gasteiger partial charge is 0.387 e. The van der Waals surface area contributed by atoms with E-state index in [0.29, 0.717) is 0 Å². The Labute approximate surface area is 145 Å². The third kappa shape index (κ3) is 4.54. The normalized spacial score (nSPS) is 17.6. The van der Waals surface area contributed by atoms with E-state index in [2.05, 4.69) is 27.1 Å². The Hall–Kier alpha value is -2.47. The van der Waals surface area contributed by atoms with Crippen molar-refractivity contribution < 1.29 is 18.3 Å². The molecule has 2 aromatic carbocycles. The Balaban J connectivity index is 1.65. The van der Waals surface area contributed by atoms with Gasteiger partial charge in [0.1, 0.15) is 5.75 Å². The van der Waals surface area contributed by atoms with Gasteiger partial charge >= 0.3 is 6.61 Å². The van der Waals surface area contributed by atoms with Crippen LogP contribution in [0.4, 0.5) is 14.5 Å². The summed E-state index contributed by atoms with van der Waals surface area (Å²) in [6.07, 6.45) is 2.03. The third-order valence-corrected chi connectivity index (χ3v) is 4.27. The van der Waals surface area contributed by atoms with E-state index in [4.69, 9.17) is 0 Å². The topological polar surface area (TPSA) is 41.6 Å². The van der Waals surface area contributed by atoms with E-state index in [-0.39, 0.29) is 29.9 Å². The van der Waals surface area contributed by atoms with E-state index in [9.17, 15) is 13.6 Å². The first-order valence-corrected chi connectivity index (χ1v) is 8.26. The first-order valence-electron chi connectivity index (χ1n) is 8.26. The van der Waals surface area contributed by atoms with Crippen LogP contribution in [0.5, 0.6) is 5.75 Å². The predicted molar refractivity (Wildman–Crippen MR) is 91.7 cm³/mol. The van der Waals surface area contributed by atoms with Crippen molar-refractivity contribution in [1.29, 1.82) is 0 Å². The number of alkyl halides is 2. The maximum absolute atomic E-state index is 12.5. The highest BCUT2D eigenvalue weighted by Gasteiger charge is 2.27. The lowest BCUT2D eigenvalue weighted by Crippen LogP contribution is -2.33. The highest BCUT2D eigenvalue weighted by atomic mass is 19.3. The standard InChI is InChI=1S/C19H20F2N2O2/c20-19(21)25-17-11-5-4-9-15(17)22-18(24)13-23-12-6-10-16(23)14-7-2-1-3-8-14/h1-5,7-9,11,16,19H,6,10,12-13H2,(H,22,24). The first-order chi connectivity index (χ1) is 12.1. The second-order valence-corrected chi connectivity index (χ2v) is 5.96. The van der Waals surface area contributed by atoms with Crippen molar-refractivity contribution >= 4 is 11.6 Å². The summed E-state index contributed by atoms with van der Waals surface area (Å²) < 4.78 is 29.4. The summed E-state index contributed by atoms with van der Waals surface area (Å²) in [7, 11) is 0. The first kappa shape index (κ1) is 17.4. The molecule has 1 unspecified atom stereocenters. The van der Waals surface area contributed by atoms with Gasteiger partial charge in [0.15, 0.2) is 0 Å². The number of ether oxygens (including phenoxy) is 1. The van der Waals surface area contributed by atoms with Gasteiger partial charge in [-0.1, -0.05) is 42.5 Å². The van der Waals surface area contributed by atoms with Crippen molar-refractivity contribution in [2.45, 2.75) is 25.5 Å². The Morgan fingerprint density at radius 1 is 1.16 bits per heavy atom. The maximum atomic E-state index is 12.5. The molecule has 0 aromatic heterocycles. The van der Waals surface area contributed by atoms with Crippen molar-refractivity contribution in [1.82, 2.24) is 4.90 Å². The second kappa shape index (κ2) is 8.07. The van der Waals surface area contributed by atoms with E-state index in [1.165, 1.54) is 11.6 Å². The van der Waals surface area contributed by atoms with Crippen molar-refractivity contribution in [3.8, 4) is 5.75 Å². The van der Waals surface area contributed by atoms with Crippen LogP contribution >= 0.6 is 0 Å². The minimum atomic E-state index is -2.93. The van der Waals surface area contributed by atoms with E-state index in [1.54, 1.807) is 18.2 Å². The number of carbonyl (C=O) groups excluding carboxylic acids is 1. The molecule has 1 aliphatic heterocycles. The zero-order valence-electron chi connectivity index (χ0n) is 13.7. The average molecular weight is 346 g/mol. The Morgan fingerprint density at radius 2 is 1.88 bits per heavy atom. The zero-order chi connectivity index (χ0) is 17.6. The molecule has 0 saturated carbocycles.